The number of aryl methyl sites for hydroxylation is 2. The zero-order chi connectivity index (χ0) is 22.9. The van der Waals surface area contributed by atoms with E-state index in [0.717, 1.165) is 51.8 Å². The first-order valence-corrected chi connectivity index (χ1v) is 12.4. The number of carbonyl (C=O) groups excluding carboxylic acids is 1. The first-order chi connectivity index (χ1) is 16.0. The zero-order valence-corrected chi connectivity index (χ0v) is 20.3. The minimum atomic E-state index is -0.0401. The molecule has 2 aromatic heterocycles. The number of fused-ring (bicyclic) bond motifs is 1. The molecule has 0 spiro atoms. The second-order valence-electron chi connectivity index (χ2n) is 8.61. The Morgan fingerprint density at radius 1 is 1.21 bits per heavy atom. The van der Waals surface area contributed by atoms with Crippen molar-refractivity contribution >= 4 is 44.3 Å². The van der Waals surface area contributed by atoms with Crippen LogP contribution >= 0.6 is 22.9 Å². The molecular formula is C25H26ClN5OS. The highest BCUT2D eigenvalue weighted by atomic mass is 35.5. The summed E-state index contributed by atoms with van der Waals surface area (Å²) in [6.07, 6.45) is 1.87. The Morgan fingerprint density at radius 3 is 2.82 bits per heavy atom. The third kappa shape index (κ3) is 4.61. The predicted molar refractivity (Wildman–Crippen MR) is 134 cm³/mol. The third-order valence-corrected chi connectivity index (χ3v) is 7.53. The molecule has 0 radical (unpaired) electrons. The summed E-state index contributed by atoms with van der Waals surface area (Å²) in [6, 6.07) is 15.9. The number of halogens is 1. The molecule has 2 aromatic carbocycles. The molecule has 0 aliphatic carbocycles. The van der Waals surface area contributed by atoms with Crippen LogP contribution in [-0.4, -0.2) is 33.8 Å². The first-order valence-electron chi connectivity index (χ1n) is 11.2. The van der Waals surface area contributed by atoms with Crippen molar-refractivity contribution in [3.63, 3.8) is 0 Å². The van der Waals surface area contributed by atoms with Gasteiger partial charge in [-0.2, -0.15) is 10.1 Å². The molecule has 5 rings (SSSR count). The number of piperidine rings is 1. The van der Waals surface area contributed by atoms with Crippen LogP contribution in [0.1, 0.15) is 29.7 Å². The highest BCUT2D eigenvalue weighted by Crippen LogP contribution is 2.34. The standard InChI is InChI=1S/C25H26ClN5OS/c1-16-8-10-18(11-9-16)14-27-24(32)19-5-4-12-30(15-19)25-28-23-22(33-25)17(2)29-31(23)21-7-3-6-20(26)13-21/h3,6-11,13,19H,4-5,12,14-15H2,1-2H3,(H,27,32)/t19-/m0/s1. The lowest BCUT2D eigenvalue weighted by molar-refractivity contribution is -0.125. The highest BCUT2D eigenvalue weighted by molar-refractivity contribution is 7.22. The fourth-order valence-electron chi connectivity index (χ4n) is 4.25. The van der Waals surface area contributed by atoms with E-state index in [-0.39, 0.29) is 11.8 Å². The molecule has 33 heavy (non-hydrogen) atoms. The number of thiazole rings is 1. The lowest BCUT2D eigenvalue weighted by Gasteiger charge is -2.31. The number of amides is 1. The lowest BCUT2D eigenvalue weighted by atomic mass is 9.97. The molecule has 1 N–H and O–H groups in total. The third-order valence-electron chi connectivity index (χ3n) is 6.08. The lowest BCUT2D eigenvalue weighted by Crippen LogP contribution is -2.43. The van der Waals surface area contributed by atoms with Gasteiger partial charge in [0, 0.05) is 24.7 Å². The topological polar surface area (TPSA) is 63.1 Å². The molecule has 8 heteroatoms. The van der Waals surface area contributed by atoms with Crippen LogP contribution in [0.15, 0.2) is 48.5 Å². The highest BCUT2D eigenvalue weighted by Gasteiger charge is 2.28. The van der Waals surface area contributed by atoms with Gasteiger partial charge in [0.2, 0.25) is 5.91 Å². The summed E-state index contributed by atoms with van der Waals surface area (Å²) < 4.78 is 2.92. The van der Waals surface area contributed by atoms with Crippen molar-refractivity contribution in [3.8, 4) is 5.69 Å². The molecule has 0 saturated carbocycles. The second-order valence-corrected chi connectivity index (χ2v) is 10.0. The van der Waals surface area contributed by atoms with Crippen molar-refractivity contribution in [2.45, 2.75) is 33.2 Å². The molecule has 170 valence electrons. The molecule has 0 unspecified atom stereocenters. The first kappa shape index (κ1) is 21.9. The normalized spacial score (nSPS) is 16.3. The number of hydrogen-bond donors (Lipinski definition) is 1. The van der Waals surface area contributed by atoms with Crippen LogP contribution in [-0.2, 0) is 11.3 Å². The molecule has 3 heterocycles. The summed E-state index contributed by atoms with van der Waals surface area (Å²) in [5, 5.41) is 9.40. The molecule has 4 aromatic rings. The van der Waals surface area contributed by atoms with Gasteiger partial charge in [-0.15, -0.1) is 0 Å². The Labute approximate surface area is 202 Å². The van der Waals surface area contributed by atoms with Gasteiger partial charge < -0.3 is 10.2 Å². The van der Waals surface area contributed by atoms with Crippen LogP contribution in [0, 0.1) is 19.8 Å². The van der Waals surface area contributed by atoms with E-state index in [0.29, 0.717) is 18.1 Å². The van der Waals surface area contributed by atoms with Crippen molar-refractivity contribution in [3.05, 3.63) is 70.4 Å². The van der Waals surface area contributed by atoms with Crippen LogP contribution in [0.3, 0.4) is 0 Å². The Hall–Kier alpha value is -2.90. The summed E-state index contributed by atoms with van der Waals surface area (Å²) in [4.78, 5) is 20.1. The summed E-state index contributed by atoms with van der Waals surface area (Å²) in [6.45, 7) is 6.21. The molecule has 1 aliphatic heterocycles. The molecular weight excluding hydrogens is 454 g/mol. The number of benzene rings is 2. The van der Waals surface area contributed by atoms with Gasteiger partial charge in [-0.25, -0.2) is 4.68 Å². The fraction of sp³-hybridized carbons (Fsp3) is 0.320. The van der Waals surface area contributed by atoms with E-state index in [1.54, 1.807) is 11.3 Å². The maximum Gasteiger partial charge on any atom is 0.225 e. The van der Waals surface area contributed by atoms with Crippen molar-refractivity contribution in [1.82, 2.24) is 20.1 Å². The largest absolute Gasteiger partial charge is 0.352 e. The van der Waals surface area contributed by atoms with Crippen LogP contribution in [0.5, 0.6) is 0 Å². The molecule has 1 saturated heterocycles. The predicted octanol–water partition coefficient (Wildman–Crippen LogP) is 5.29. The smallest absolute Gasteiger partial charge is 0.225 e. The maximum absolute atomic E-state index is 12.9. The number of carbonyl (C=O) groups is 1. The Balaban J connectivity index is 1.32. The van der Waals surface area contributed by atoms with Crippen molar-refractivity contribution in [1.29, 1.82) is 0 Å². The average molecular weight is 480 g/mol. The van der Waals surface area contributed by atoms with E-state index in [4.69, 9.17) is 16.6 Å². The van der Waals surface area contributed by atoms with Gasteiger partial charge in [0.25, 0.3) is 0 Å². The second kappa shape index (κ2) is 9.15. The number of rotatable bonds is 5. The summed E-state index contributed by atoms with van der Waals surface area (Å²) in [7, 11) is 0. The van der Waals surface area contributed by atoms with Gasteiger partial charge in [-0.05, 0) is 50.5 Å². The van der Waals surface area contributed by atoms with Crippen molar-refractivity contribution in [2.75, 3.05) is 18.0 Å². The maximum atomic E-state index is 12.9. The Kier molecular flexibility index (Phi) is 6.08. The van der Waals surface area contributed by atoms with Gasteiger partial charge >= 0.3 is 0 Å². The molecule has 1 aliphatic rings. The van der Waals surface area contributed by atoms with Crippen LogP contribution in [0.4, 0.5) is 5.13 Å². The number of hydrogen-bond acceptors (Lipinski definition) is 5. The molecule has 1 atom stereocenters. The van der Waals surface area contributed by atoms with Gasteiger partial charge in [0.05, 0.1) is 22.0 Å². The SMILES string of the molecule is Cc1ccc(CNC(=O)[C@H]2CCCN(c3nc4c(s3)c(C)nn4-c3cccc(Cl)c3)C2)cc1. The van der Waals surface area contributed by atoms with Crippen LogP contribution < -0.4 is 10.2 Å². The Morgan fingerprint density at radius 2 is 2.03 bits per heavy atom. The van der Waals surface area contributed by atoms with Gasteiger partial charge in [-0.1, -0.05) is 58.8 Å². The number of aromatic nitrogens is 3. The van der Waals surface area contributed by atoms with Crippen LogP contribution in [0.2, 0.25) is 5.02 Å². The van der Waals surface area contributed by atoms with E-state index in [1.165, 1.54) is 5.56 Å². The van der Waals surface area contributed by atoms with Crippen LogP contribution in [0.25, 0.3) is 16.0 Å². The van der Waals surface area contributed by atoms with E-state index < -0.39 is 0 Å². The summed E-state index contributed by atoms with van der Waals surface area (Å²) in [5.74, 6) is 0.0735. The molecule has 6 nitrogen and oxygen atoms in total. The minimum absolute atomic E-state index is 0.0401. The quantitative estimate of drug-likeness (QED) is 0.422. The number of nitrogens with one attached hydrogen (secondary N) is 1. The van der Waals surface area contributed by atoms with E-state index in [2.05, 4.69) is 46.5 Å². The number of nitrogens with zero attached hydrogens (tertiary/aromatic N) is 4. The number of anilines is 1. The van der Waals surface area contributed by atoms with E-state index in [1.807, 2.05) is 35.9 Å². The van der Waals surface area contributed by atoms with Crippen molar-refractivity contribution < 1.29 is 4.79 Å². The molecule has 1 amide bonds. The Bertz CT molecular complexity index is 1300. The summed E-state index contributed by atoms with van der Waals surface area (Å²) >= 11 is 7.83. The van der Waals surface area contributed by atoms with Gasteiger partial charge in [0.1, 0.15) is 0 Å². The van der Waals surface area contributed by atoms with E-state index in [9.17, 15) is 4.79 Å². The monoisotopic (exact) mass is 479 g/mol. The fourth-order valence-corrected chi connectivity index (χ4v) is 5.46. The van der Waals surface area contributed by atoms with E-state index >= 15 is 0 Å². The molecule has 1 fully saturated rings. The molecule has 0 bridgehead atoms. The minimum Gasteiger partial charge on any atom is -0.352 e. The van der Waals surface area contributed by atoms with Gasteiger partial charge in [-0.3, -0.25) is 4.79 Å². The summed E-state index contributed by atoms with van der Waals surface area (Å²) in [5.41, 5.74) is 5.01. The van der Waals surface area contributed by atoms with Crippen molar-refractivity contribution in [2.24, 2.45) is 5.92 Å². The average Bonchev–Trinajstić information content (AvgIpc) is 3.39. The zero-order valence-electron chi connectivity index (χ0n) is 18.7. The van der Waals surface area contributed by atoms with Gasteiger partial charge in [0.15, 0.2) is 10.8 Å².